The number of carbonyl (C=O) groups excluding carboxylic acids is 1. The van der Waals surface area contributed by atoms with Crippen molar-refractivity contribution in [2.24, 2.45) is 4.99 Å². The van der Waals surface area contributed by atoms with E-state index >= 15 is 0 Å². The maximum absolute atomic E-state index is 12.2. The molecule has 0 atom stereocenters. The van der Waals surface area contributed by atoms with Crippen LogP contribution >= 0.6 is 0 Å². The molecule has 27 heavy (non-hydrogen) atoms. The predicted molar refractivity (Wildman–Crippen MR) is 105 cm³/mol. The van der Waals surface area contributed by atoms with Crippen LogP contribution < -0.4 is 9.47 Å². The van der Waals surface area contributed by atoms with Gasteiger partial charge >= 0.3 is 5.97 Å². The fraction of sp³-hybridized carbons (Fsp3) is 0.273. The minimum atomic E-state index is -0.463. The van der Waals surface area contributed by atoms with Crippen molar-refractivity contribution >= 4 is 17.9 Å². The summed E-state index contributed by atoms with van der Waals surface area (Å²) in [7, 11) is 1.59. The number of aliphatic imine (C=N–C) groups is 1. The fourth-order valence-electron chi connectivity index (χ4n) is 2.71. The molecule has 3 rings (SSSR count). The van der Waals surface area contributed by atoms with Crippen LogP contribution in [0.5, 0.6) is 11.5 Å². The van der Waals surface area contributed by atoms with Crippen LogP contribution in [0.3, 0.4) is 0 Å². The number of benzene rings is 2. The third kappa shape index (κ3) is 4.37. The first-order valence-corrected chi connectivity index (χ1v) is 9.01. The number of rotatable bonds is 7. The molecular formula is C22H23NO4. The second-order valence-corrected chi connectivity index (χ2v) is 6.26. The van der Waals surface area contributed by atoms with Gasteiger partial charge in [-0.3, -0.25) is 0 Å². The highest BCUT2D eigenvalue weighted by Gasteiger charge is 2.25. The summed E-state index contributed by atoms with van der Waals surface area (Å²) in [6.45, 7) is 4.71. The molecule has 0 N–H and O–H groups in total. The van der Waals surface area contributed by atoms with Crippen molar-refractivity contribution in [1.29, 1.82) is 0 Å². The van der Waals surface area contributed by atoms with Crippen molar-refractivity contribution < 1.29 is 19.0 Å². The molecule has 1 aliphatic rings. The zero-order chi connectivity index (χ0) is 19.2. The summed E-state index contributed by atoms with van der Waals surface area (Å²) >= 11 is 0. The molecule has 0 saturated carbocycles. The van der Waals surface area contributed by atoms with E-state index in [9.17, 15) is 4.79 Å². The SMILES string of the molecule is CCCCOc1ccc(/C=C2\N=C(c3ccccc3C)OC2=O)cc1OC. The minimum absolute atomic E-state index is 0.259. The van der Waals surface area contributed by atoms with E-state index in [4.69, 9.17) is 14.2 Å². The molecule has 0 radical (unpaired) electrons. The molecule has 0 unspecified atom stereocenters. The Balaban J connectivity index is 1.85. The summed E-state index contributed by atoms with van der Waals surface area (Å²) in [6.07, 6.45) is 3.74. The van der Waals surface area contributed by atoms with Crippen molar-refractivity contribution in [3.63, 3.8) is 0 Å². The first-order valence-electron chi connectivity index (χ1n) is 9.01. The van der Waals surface area contributed by atoms with Crippen molar-refractivity contribution in [3.05, 3.63) is 64.9 Å². The number of aryl methyl sites for hydroxylation is 1. The van der Waals surface area contributed by atoms with E-state index in [0.29, 0.717) is 24.0 Å². The van der Waals surface area contributed by atoms with Crippen LogP contribution in [-0.2, 0) is 9.53 Å². The molecule has 1 heterocycles. The Labute approximate surface area is 159 Å². The van der Waals surface area contributed by atoms with Gasteiger partial charge in [0.05, 0.1) is 13.7 Å². The minimum Gasteiger partial charge on any atom is -0.493 e. The van der Waals surface area contributed by atoms with Gasteiger partial charge in [0.1, 0.15) is 0 Å². The lowest BCUT2D eigenvalue weighted by Crippen LogP contribution is -2.06. The number of ether oxygens (including phenoxy) is 3. The van der Waals surface area contributed by atoms with Crippen LogP contribution in [0.4, 0.5) is 0 Å². The highest BCUT2D eigenvalue weighted by Crippen LogP contribution is 2.30. The van der Waals surface area contributed by atoms with Gasteiger partial charge in [-0.25, -0.2) is 9.79 Å². The van der Waals surface area contributed by atoms with Gasteiger partial charge in [-0.05, 0) is 48.7 Å². The lowest BCUT2D eigenvalue weighted by atomic mass is 10.1. The molecule has 0 aliphatic carbocycles. The van der Waals surface area contributed by atoms with E-state index in [-0.39, 0.29) is 5.70 Å². The molecule has 0 bridgehead atoms. The van der Waals surface area contributed by atoms with Crippen LogP contribution in [-0.4, -0.2) is 25.6 Å². The summed E-state index contributed by atoms with van der Waals surface area (Å²) in [6, 6.07) is 13.2. The smallest absolute Gasteiger partial charge is 0.363 e. The topological polar surface area (TPSA) is 57.1 Å². The maximum Gasteiger partial charge on any atom is 0.363 e. The first-order chi connectivity index (χ1) is 13.1. The van der Waals surface area contributed by atoms with E-state index < -0.39 is 5.97 Å². The average Bonchev–Trinajstić information content (AvgIpc) is 3.03. The van der Waals surface area contributed by atoms with Gasteiger partial charge in [0.25, 0.3) is 0 Å². The Morgan fingerprint density at radius 1 is 1.15 bits per heavy atom. The number of hydrogen-bond donors (Lipinski definition) is 0. The summed E-state index contributed by atoms with van der Waals surface area (Å²) in [5, 5.41) is 0. The zero-order valence-corrected chi connectivity index (χ0v) is 15.8. The quantitative estimate of drug-likeness (QED) is 0.411. The molecule has 0 fully saturated rings. The van der Waals surface area contributed by atoms with E-state index in [1.807, 2.05) is 49.4 Å². The van der Waals surface area contributed by atoms with Crippen molar-refractivity contribution in [2.75, 3.05) is 13.7 Å². The Bertz CT molecular complexity index is 899. The summed E-state index contributed by atoms with van der Waals surface area (Å²) in [5.41, 5.74) is 2.86. The van der Waals surface area contributed by atoms with Gasteiger partial charge in [0, 0.05) is 5.56 Å². The zero-order valence-electron chi connectivity index (χ0n) is 15.8. The second kappa shape index (κ2) is 8.54. The largest absolute Gasteiger partial charge is 0.493 e. The van der Waals surface area contributed by atoms with Crippen LogP contribution in [0.15, 0.2) is 53.2 Å². The number of methoxy groups -OCH3 is 1. The van der Waals surface area contributed by atoms with Crippen LogP contribution in [0.1, 0.15) is 36.5 Å². The summed E-state index contributed by atoms with van der Waals surface area (Å²) in [4.78, 5) is 16.6. The van der Waals surface area contributed by atoms with Gasteiger partial charge in [0.2, 0.25) is 5.90 Å². The standard InChI is InChI=1S/C22H23NO4/c1-4-5-12-26-19-11-10-16(14-20(19)25-3)13-18-22(24)27-21(23-18)17-9-7-6-8-15(17)2/h6-11,13-14H,4-5,12H2,1-3H3/b18-13-. The third-order valence-corrected chi connectivity index (χ3v) is 4.24. The Hall–Kier alpha value is -3.08. The monoisotopic (exact) mass is 365 g/mol. The van der Waals surface area contributed by atoms with Gasteiger partial charge in [-0.2, -0.15) is 0 Å². The van der Waals surface area contributed by atoms with E-state index in [0.717, 1.165) is 29.5 Å². The molecule has 5 heteroatoms. The summed E-state index contributed by atoms with van der Waals surface area (Å²) < 4.78 is 16.5. The van der Waals surface area contributed by atoms with Gasteiger partial charge in [0.15, 0.2) is 17.2 Å². The first kappa shape index (κ1) is 18.7. The molecular weight excluding hydrogens is 342 g/mol. The van der Waals surface area contributed by atoms with Crippen LogP contribution in [0, 0.1) is 6.92 Å². The number of carbonyl (C=O) groups is 1. The molecule has 0 saturated heterocycles. The predicted octanol–water partition coefficient (Wildman–Crippen LogP) is 4.53. The van der Waals surface area contributed by atoms with Crippen LogP contribution in [0.2, 0.25) is 0 Å². The third-order valence-electron chi connectivity index (χ3n) is 4.24. The normalized spacial score (nSPS) is 14.9. The van der Waals surface area contributed by atoms with E-state index in [2.05, 4.69) is 11.9 Å². The molecule has 2 aromatic rings. The molecule has 0 amide bonds. The fourth-order valence-corrected chi connectivity index (χ4v) is 2.71. The van der Waals surface area contributed by atoms with Crippen molar-refractivity contribution in [3.8, 4) is 11.5 Å². The lowest BCUT2D eigenvalue weighted by molar-refractivity contribution is -0.129. The second-order valence-electron chi connectivity index (χ2n) is 6.26. The average molecular weight is 365 g/mol. The van der Waals surface area contributed by atoms with Crippen molar-refractivity contribution in [1.82, 2.24) is 0 Å². The van der Waals surface area contributed by atoms with Crippen LogP contribution in [0.25, 0.3) is 6.08 Å². The van der Waals surface area contributed by atoms with E-state index in [1.54, 1.807) is 13.2 Å². The maximum atomic E-state index is 12.2. The van der Waals surface area contributed by atoms with Gasteiger partial charge in [-0.15, -0.1) is 0 Å². The number of nitrogens with zero attached hydrogens (tertiary/aromatic N) is 1. The molecule has 1 aliphatic heterocycles. The summed E-state index contributed by atoms with van der Waals surface area (Å²) in [5.74, 6) is 1.17. The molecule has 0 aromatic heterocycles. The number of hydrogen-bond acceptors (Lipinski definition) is 5. The lowest BCUT2D eigenvalue weighted by Gasteiger charge is -2.10. The highest BCUT2D eigenvalue weighted by molar-refractivity contribution is 6.13. The highest BCUT2D eigenvalue weighted by atomic mass is 16.6. The van der Waals surface area contributed by atoms with Gasteiger partial charge in [-0.1, -0.05) is 37.6 Å². The Morgan fingerprint density at radius 3 is 2.70 bits per heavy atom. The molecule has 2 aromatic carbocycles. The van der Waals surface area contributed by atoms with E-state index in [1.165, 1.54) is 0 Å². The van der Waals surface area contributed by atoms with Crippen molar-refractivity contribution in [2.45, 2.75) is 26.7 Å². The number of esters is 1. The molecule has 5 nitrogen and oxygen atoms in total. The number of cyclic esters (lactones) is 1. The Morgan fingerprint density at radius 2 is 1.96 bits per heavy atom. The molecule has 140 valence electrons. The number of unbranched alkanes of at least 4 members (excludes halogenated alkanes) is 1. The van der Waals surface area contributed by atoms with Gasteiger partial charge < -0.3 is 14.2 Å². The Kier molecular flexibility index (Phi) is 5.91. The molecule has 0 spiro atoms.